The summed E-state index contributed by atoms with van der Waals surface area (Å²) in [7, 11) is -3.71. The second-order valence-electron chi connectivity index (χ2n) is 8.42. The summed E-state index contributed by atoms with van der Waals surface area (Å²) in [5.74, 6) is -0.650. The van der Waals surface area contributed by atoms with Gasteiger partial charge >= 0.3 is 0 Å². The molecular weight excluding hydrogens is 553 g/mol. The minimum Gasteiger partial charge on any atom is -0.352 e. The number of nitrogens with one attached hydrogen (secondary N) is 1. The Morgan fingerprint density at radius 2 is 1.67 bits per heavy atom. The molecule has 1 fully saturated rings. The third kappa shape index (κ3) is 7.17. The monoisotopic (exact) mass is 583 g/mol. The smallest absolute Gasteiger partial charge is 0.244 e. The number of hydrogen-bond donors (Lipinski definition) is 1. The molecule has 1 aliphatic carbocycles. The summed E-state index contributed by atoms with van der Waals surface area (Å²) in [6, 6.07) is 15.7. The van der Waals surface area contributed by atoms with Crippen molar-refractivity contribution >= 4 is 50.1 Å². The van der Waals surface area contributed by atoms with Crippen LogP contribution in [0, 0.1) is 3.57 Å². The number of benzene rings is 2. The summed E-state index contributed by atoms with van der Waals surface area (Å²) in [4.78, 5) is 27.9. The molecule has 7 nitrogen and oxygen atoms in total. The molecule has 1 aliphatic rings. The van der Waals surface area contributed by atoms with Crippen molar-refractivity contribution in [3.8, 4) is 0 Å². The molecule has 33 heavy (non-hydrogen) atoms. The van der Waals surface area contributed by atoms with Gasteiger partial charge in [-0.05, 0) is 72.2 Å². The minimum absolute atomic E-state index is 0.132. The van der Waals surface area contributed by atoms with Gasteiger partial charge in [0, 0.05) is 16.2 Å². The van der Waals surface area contributed by atoms with Crippen LogP contribution < -0.4 is 9.62 Å². The second kappa shape index (κ2) is 11.3. The Labute approximate surface area is 209 Å². The summed E-state index contributed by atoms with van der Waals surface area (Å²) in [6.45, 7) is 1.53. The van der Waals surface area contributed by atoms with Crippen molar-refractivity contribution in [2.24, 2.45) is 0 Å². The molecule has 0 aliphatic heterocycles. The van der Waals surface area contributed by atoms with Gasteiger partial charge < -0.3 is 10.2 Å². The van der Waals surface area contributed by atoms with E-state index < -0.39 is 22.0 Å². The molecule has 0 spiro atoms. The summed E-state index contributed by atoms with van der Waals surface area (Å²) in [5, 5.41) is 3.06. The van der Waals surface area contributed by atoms with E-state index in [1.54, 1.807) is 31.2 Å². The van der Waals surface area contributed by atoms with E-state index in [0.717, 1.165) is 45.4 Å². The SMILES string of the molecule is C[C@@H](C(=O)NC1CCCC1)N(Cc1ccccc1)C(=O)CN(c1ccc(I)cc1)S(C)(=O)=O. The zero-order valence-electron chi connectivity index (χ0n) is 18.9. The second-order valence-corrected chi connectivity index (χ2v) is 11.6. The highest BCUT2D eigenvalue weighted by molar-refractivity contribution is 14.1. The fourth-order valence-electron chi connectivity index (χ4n) is 3.98. The van der Waals surface area contributed by atoms with Gasteiger partial charge in [-0.2, -0.15) is 0 Å². The zero-order valence-corrected chi connectivity index (χ0v) is 21.9. The maximum Gasteiger partial charge on any atom is 0.244 e. The number of anilines is 1. The van der Waals surface area contributed by atoms with Crippen LogP contribution in [0.15, 0.2) is 54.6 Å². The lowest BCUT2D eigenvalue weighted by atomic mass is 10.1. The van der Waals surface area contributed by atoms with E-state index in [-0.39, 0.29) is 25.0 Å². The predicted octanol–water partition coefficient (Wildman–Crippen LogP) is 3.53. The zero-order chi connectivity index (χ0) is 24.0. The molecule has 1 saturated carbocycles. The minimum atomic E-state index is -3.71. The Morgan fingerprint density at radius 1 is 1.06 bits per heavy atom. The van der Waals surface area contributed by atoms with Crippen LogP contribution in [0.1, 0.15) is 38.2 Å². The lowest BCUT2D eigenvalue weighted by molar-refractivity contribution is -0.139. The molecule has 1 N–H and O–H groups in total. The number of amides is 2. The number of sulfonamides is 1. The van der Waals surface area contributed by atoms with Gasteiger partial charge in [-0.3, -0.25) is 13.9 Å². The number of halogens is 1. The summed E-state index contributed by atoms with van der Waals surface area (Å²) >= 11 is 2.14. The van der Waals surface area contributed by atoms with Gasteiger partial charge in [0.2, 0.25) is 21.8 Å². The first-order valence-corrected chi connectivity index (χ1v) is 13.9. The van der Waals surface area contributed by atoms with E-state index in [0.29, 0.717) is 5.69 Å². The molecule has 0 bridgehead atoms. The molecule has 0 unspecified atom stereocenters. The van der Waals surface area contributed by atoms with Crippen molar-refractivity contribution in [1.82, 2.24) is 10.2 Å². The van der Waals surface area contributed by atoms with Crippen LogP contribution in [-0.4, -0.2) is 50.0 Å². The quantitative estimate of drug-likeness (QED) is 0.458. The molecule has 9 heteroatoms. The van der Waals surface area contributed by atoms with Gasteiger partial charge in [0.15, 0.2) is 0 Å². The number of carbonyl (C=O) groups excluding carboxylic acids is 2. The van der Waals surface area contributed by atoms with Gasteiger partial charge in [0.05, 0.1) is 11.9 Å². The van der Waals surface area contributed by atoms with E-state index in [1.165, 1.54) is 4.90 Å². The Morgan fingerprint density at radius 3 is 2.24 bits per heavy atom. The first-order chi connectivity index (χ1) is 15.6. The number of nitrogens with zero attached hydrogens (tertiary/aromatic N) is 2. The van der Waals surface area contributed by atoms with Crippen molar-refractivity contribution in [2.45, 2.75) is 51.2 Å². The van der Waals surface area contributed by atoms with Gasteiger partial charge in [0.1, 0.15) is 12.6 Å². The van der Waals surface area contributed by atoms with E-state index in [2.05, 4.69) is 27.9 Å². The first-order valence-electron chi connectivity index (χ1n) is 11.0. The molecule has 178 valence electrons. The lowest BCUT2D eigenvalue weighted by Crippen LogP contribution is -2.52. The van der Waals surface area contributed by atoms with Gasteiger partial charge in [-0.15, -0.1) is 0 Å². The molecule has 0 heterocycles. The van der Waals surface area contributed by atoms with Crippen molar-refractivity contribution < 1.29 is 18.0 Å². The Kier molecular flexibility index (Phi) is 8.75. The van der Waals surface area contributed by atoms with Crippen LogP contribution in [0.5, 0.6) is 0 Å². The summed E-state index contributed by atoms with van der Waals surface area (Å²) < 4.78 is 27.1. The van der Waals surface area contributed by atoms with Crippen molar-refractivity contribution in [3.05, 3.63) is 63.7 Å². The van der Waals surface area contributed by atoms with E-state index in [9.17, 15) is 18.0 Å². The molecule has 2 aromatic carbocycles. The molecule has 2 aromatic rings. The lowest BCUT2D eigenvalue weighted by Gasteiger charge is -2.32. The number of rotatable bonds is 9. The normalized spacial score (nSPS) is 15.1. The molecule has 2 amide bonds. The third-order valence-electron chi connectivity index (χ3n) is 5.86. The van der Waals surface area contributed by atoms with Crippen LogP contribution in [0.25, 0.3) is 0 Å². The standard InChI is InChI=1S/C24H30IN3O4S/c1-18(24(30)26-21-10-6-7-11-21)27(16-19-8-4-3-5-9-19)23(29)17-28(33(2,31)32)22-14-12-20(25)13-15-22/h3-5,8-9,12-15,18,21H,6-7,10-11,16-17H2,1-2H3,(H,26,30)/t18-/m0/s1. The average Bonchev–Trinajstić information content (AvgIpc) is 3.29. The van der Waals surface area contributed by atoms with Crippen LogP contribution in [0.4, 0.5) is 5.69 Å². The fourth-order valence-corrected chi connectivity index (χ4v) is 5.18. The van der Waals surface area contributed by atoms with Gasteiger partial charge in [-0.1, -0.05) is 43.2 Å². The van der Waals surface area contributed by atoms with E-state index in [1.807, 2.05) is 30.3 Å². The molecule has 0 saturated heterocycles. The van der Waals surface area contributed by atoms with Crippen molar-refractivity contribution in [2.75, 3.05) is 17.1 Å². The Bertz CT molecular complexity index is 1050. The van der Waals surface area contributed by atoms with Crippen LogP contribution >= 0.6 is 22.6 Å². The van der Waals surface area contributed by atoms with Crippen LogP contribution in [0.3, 0.4) is 0 Å². The van der Waals surface area contributed by atoms with Crippen LogP contribution in [-0.2, 0) is 26.2 Å². The number of hydrogen-bond acceptors (Lipinski definition) is 4. The maximum atomic E-state index is 13.5. The van der Waals surface area contributed by atoms with E-state index in [4.69, 9.17) is 0 Å². The molecule has 0 radical (unpaired) electrons. The predicted molar refractivity (Wildman–Crippen MR) is 138 cm³/mol. The maximum absolute atomic E-state index is 13.5. The highest BCUT2D eigenvalue weighted by atomic mass is 127. The highest BCUT2D eigenvalue weighted by Gasteiger charge is 2.31. The topological polar surface area (TPSA) is 86.8 Å². The highest BCUT2D eigenvalue weighted by Crippen LogP contribution is 2.21. The average molecular weight is 583 g/mol. The van der Waals surface area contributed by atoms with Crippen molar-refractivity contribution in [1.29, 1.82) is 0 Å². The Hall–Kier alpha value is -2.14. The largest absolute Gasteiger partial charge is 0.352 e. The molecule has 3 rings (SSSR count). The molecule has 1 atom stereocenters. The van der Waals surface area contributed by atoms with Gasteiger partial charge in [0.25, 0.3) is 0 Å². The first kappa shape index (κ1) is 25.5. The molecule has 0 aromatic heterocycles. The number of carbonyl (C=O) groups is 2. The van der Waals surface area contributed by atoms with Crippen LogP contribution in [0.2, 0.25) is 0 Å². The van der Waals surface area contributed by atoms with Gasteiger partial charge in [-0.25, -0.2) is 8.42 Å². The molecular formula is C24H30IN3O4S. The third-order valence-corrected chi connectivity index (χ3v) is 7.72. The van der Waals surface area contributed by atoms with E-state index >= 15 is 0 Å². The van der Waals surface area contributed by atoms with Crippen molar-refractivity contribution in [3.63, 3.8) is 0 Å². The Balaban J connectivity index is 1.84. The fraction of sp³-hybridized carbons (Fsp3) is 0.417. The summed E-state index contributed by atoms with van der Waals surface area (Å²) in [6.07, 6.45) is 5.15. The summed E-state index contributed by atoms with van der Waals surface area (Å²) in [5.41, 5.74) is 1.28.